The van der Waals surface area contributed by atoms with Crippen LogP contribution in [0.4, 0.5) is 10.1 Å². The quantitative estimate of drug-likeness (QED) is 0.269. The Hall–Kier alpha value is -4.39. The number of rotatable bonds is 7. The molecule has 6 nitrogen and oxygen atoms in total. The van der Waals surface area contributed by atoms with Crippen molar-refractivity contribution in [1.82, 2.24) is 0 Å². The van der Waals surface area contributed by atoms with E-state index in [0.717, 1.165) is 28.4 Å². The van der Waals surface area contributed by atoms with Gasteiger partial charge in [0.25, 0.3) is 0 Å². The van der Waals surface area contributed by atoms with E-state index in [9.17, 15) is 14.0 Å². The topological polar surface area (TPSA) is 65.1 Å². The van der Waals surface area contributed by atoms with Gasteiger partial charge in [0.05, 0.1) is 14.2 Å². The van der Waals surface area contributed by atoms with Crippen molar-refractivity contribution in [3.8, 4) is 17.2 Å². The number of anilines is 1. The van der Waals surface area contributed by atoms with Gasteiger partial charge in [0.1, 0.15) is 18.1 Å². The molecule has 7 heteroatoms. The van der Waals surface area contributed by atoms with E-state index in [0.29, 0.717) is 48.1 Å². The highest BCUT2D eigenvalue weighted by Gasteiger charge is 2.49. The van der Waals surface area contributed by atoms with Crippen LogP contribution in [0, 0.1) is 16.6 Å². The van der Waals surface area contributed by atoms with Crippen molar-refractivity contribution in [1.29, 1.82) is 0 Å². The van der Waals surface area contributed by atoms with Gasteiger partial charge in [-0.05, 0) is 77.8 Å². The van der Waals surface area contributed by atoms with Crippen molar-refractivity contribution < 1.29 is 28.2 Å². The van der Waals surface area contributed by atoms with Crippen molar-refractivity contribution in [2.45, 2.75) is 65.9 Å². The molecule has 0 atom stereocenters. The molecule has 45 heavy (non-hydrogen) atoms. The van der Waals surface area contributed by atoms with Crippen LogP contribution in [0.15, 0.2) is 89.3 Å². The minimum absolute atomic E-state index is 0.0499. The van der Waals surface area contributed by atoms with Gasteiger partial charge in [-0.3, -0.25) is 9.59 Å². The zero-order valence-electron chi connectivity index (χ0n) is 26.8. The standard InChI is InChI=1S/C38H40FNO5/c1-37(2)18-28-35(30(41)20-37)34(23-11-16-32(44-6)24(17-23)22-45-33-10-8-7-9-27(33)39)36-29(19-38(3,4)21-31(36)42)40(28)25-12-14-26(43-5)15-13-25/h7-17,34H,18-22H2,1-6H3. The first-order valence-electron chi connectivity index (χ1n) is 15.4. The Morgan fingerprint density at radius 1 is 0.756 bits per heavy atom. The Labute approximate surface area is 264 Å². The molecular weight excluding hydrogens is 569 g/mol. The summed E-state index contributed by atoms with van der Waals surface area (Å²) in [5, 5.41) is 0. The van der Waals surface area contributed by atoms with E-state index in [1.807, 2.05) is 42.5 Å². The fourth-order valence-electron chi connectivity index (χ4n) is 7.15. The third-order valence-electron chi connectivity index (χ3n) is 9.10. The average Bonchev–Trinajstić information content (AvgIpc) is 2.98. The van der Waals surface area contributed by atoms with Crippen molar-refractivity contribution >= 4 is 17.3 Å². The highest BCUT2D eigenvalue weighted by molar-refractivity contribution is 6.08. The predicted molar refractivity (Wildman–Crippen MR) is 172 cm³/mol. The summed E-state index contributed by atoms with van der Waals surface area (Å²) in [6.07, 6.45) is 2.14. The first-order valence-corrected chi connectivity index (χ1v) is 15.4. The molecule has 234 valence electrons. The Balaban J connectivity index is 1.54. The van der Waals surface area contributed by atoms with Gasteiger partial charge in [0.2, 0.25) is 0 Å². The maximum Gasteiger partial charge on any atom is 0.165 e. The Bertz CT molecular complexity index is 1680. The Morgan fingerprint density at radius 2 is 1.36 bits per heavy atom. The normalized spacial score (nSPS) is 19.3. The second-order valence-electron chi connectivity index (χ2n) is 13.9. The molecule has 0 unspecified atom stereocenters. The molecule has 3 aromatic rings. The summed E-state index contributed by atoms with van der Waals surface area (Å²) in [5.74, 6) is 0.579. The highest BCUT2D eigenvalue weighted by Crippen LogP contribution is 2.55. The second-order valence-corrected chi connectivity index (χ2v) is 13.9. The van der Waals surface area contributed by atoms with Gasteiger partial charge in [0.15, 0.2) is 23.1 Å². The summed E-state index contributed by atoms with van der Waals surface area (Å²) in [5.41, 5.74) is 5.13. The van der Waals surface area contributed by atoms with Crippen LogP contribution in [0.1, 0.15) is 70.4 Å². The molecule has 0 spiro atoms. The SMILES string of the molecule is COc1ccc(N2C3=C(C(=O)CC(C)(C)C3)C(c3ccc(OC)c(COc4ccccc4F)c3)C3=C2CC(C)(C)CC3=O)cc1. The molecule has 2 aliphatic carbocycles. The number of ketones is 2. The number of carbonyl (C=O) groups is 2. The summed E-state index contributed by atoms with van der Waals surface area (Å²) < 4.78 is 31.4. The van der Waals surface area contributed by atoms with Crippen LogP contribution in [0.25, 0.3) is 0 Å². The van der Waals surface area contributed by atoms with Crippen LogP contribution in [0.3, 0.4) is 0 Å². The predicted octanol–water partition coefficient (Wildman–Crippen LogP) is 8.31. The molecule has 6 rings (SSSR count). The third-order valence-corrected chi connectivity index (χ3v) is 9.10. The minimum atomic E-state index is -0.533. The van der Waals surface area contributed by atoms with E-state index < -0.39 is 11.7 Å². The number of para-hydroxylation sites is 1. The molecule has 0 bridgehead atoms. The maximum absolute atomic E-state index is 14.4. The smallest absolute Gasteiger partial charge is 0.165 e. The number of benzene rings is 3. The Morgan fingerprint density at radius 3 is 1.91 bits per heavy atom. The van der Waals surface area contributed by atoms with Gasteiger partial charge < -0.3 is 19.1 Å². The van der Waals surface area contributed by atoms with Gasteiger partial charge in [-0.25, -0.2) is 4.39 Å². The first-order chi connectivity index (χ1) is 21.4. The van der Waals surface area contributed by atoms with E-state index in [4.69, 9.17) is 14.2 Å². The molecule has 1 heterocycles. The molecule has 0 saturated carbocycles. The molecule has 0 aromatic heterocycles. The summed E-state index contributed by atoms with van der Waals surface area (Å²) in [6.45, 7) is 8.56. The highest BCUT2D eigenvalue weighted by atomic mass is 19.1. The lowest BCUT2D eigenvalue weighted by molar-refractivity contribution is -0.119. The number of methoxy groups -OCH3 is 2. The molecule has 3 aliphatic rings. The van der Waals surface area contributed by atoms with Crippen molar-refractivity contribution in [2.75, 3.05) is 19.1 Å². The fraction of sp³-hybridized carbons (Fsp3) is 0.368. The zero-order valence-corrected chi connectivity index (χ0v) is 26.8. The molecule has 0 fully saturated rings. The van der Waals surface area contributed by atoms with Gasteiger partial charge in [-0.2, -0.15) is 0 Å². The second kappa shape index (κ2) is 11.5. The van der Waals surface area contributed by atoms with E-state index in [-0.39, 0.29) is 34.8 Å². The Kier molecular flexibility index (Phi) is 7.84. The number of allylic oxidation sites excluding steroid dienone is 4. The number of hydrogen-bond donors (Lipinski definition) is 0. The van der Waals surface area contributed by atoms with Gasteiger partial charge in [-0.1, -0.05) is 45.9 Å². The lowest BCUT2D eigenvalue weighted by Gasteiger charge is -2.49. The van der Waals surface area contributed by atoms with Crippen molar-refractivity contribution in [2.24, 2.45) is 10.8 Å². The average molecular weight is 610 g/mol. The first kappa shape index (κ1) is 30.6. The molecule has 0 amide bonds. The van der Waals surface area contributed by atoms with Crippen LogP contribution in [0.2, 0.25) is 0 Å². The largest absolute Gasteiger partial charge is 0.497 e. The van der Waals surface area contributed by atoms with Gasteiger partial charge in [-0.15, -0.1) is 0 Å². The monoisotopic (exact) mass is 609 g/mol. The minimum Gasteiger partial charge on any atom is -0.497 e. The van der Waals surface area contributed by atoms with Crippen molar-refractivity contribution in [3.63, 3.8) is 0 Å². The maximum atomic E-state index is 14.4. The lowest BCUT2D eigenvalue weighted by Crippen LogP contribution is -2.44. The molecule has 0 radical (unpaired) electrons. The molecular formula is C38H40FNO5. The number of Topliss-reactive ketones (excluding diaryl/α,β-unsaturated/α-hetero) is 2. The number of halogens is 1. The molecule has 1 aliphatic heterocycles. The van der Waals surface area contributed by atoms with Crippen LogP contribution >= 0.6 is 0 Å². The number of carbonyl (C=O) groups excluding carboxylic acids is 2. The van der Waals surface area contributed by atoms with Crippen LogP contribution < -0.4 is 19.1 Å². The molecule has 3 aromatic carbocycles. The van der Waals surface area contributed by atoms with Gasteiger partial charge in [0, 0.05) is 52.6 Å². The summed E-state index contributed by atoms with van der Waals surface area (Å²) in [4.78, 5) is 30.7. The van der Waals surface area contributed by atoms with Crippen molar-refractivity contribution in [3.05, 3.63) is 106 Å². The number of nitrogens with zero attached hydrogens (tertiary/aromatic N) is 1. The zero-order chi connectivity index (χ0) is 32.1. The number of ether oxygens (including phenoxy) is 3. The van der Waals surface area contributed by atoms with E-state index in [1.54, 1.807) is 32.4 Å². The lowest BCUT2D eigenvalue weighted by atomic mass is 9.63. The van der Waals surface area contributed by atoms with E-state index in [1.165, 1.54) is 6.07 Å². The molecule has 0 N–H and O–H groups in total. The fourth-order valence-corrected chi connectivity index (χ4v) is 7.15. The molecule has 0 saturated heterocycles. The summed E-state index contributed by atoms with van der Waals surface area (Å²) >= 11 is 0. The third kappa shape index (κ3) is 5.76. The van der Waals surface area contributed by atoms with Crippen LogP contribution in [0.5, 0.6) is 17.2 Å². The van der Waals surface area contributed by atoms with E-state index >= 15 is 0 Å². The van der Waals surface area contributed by atoms with Crippen LogP contribution in [-0.2, 0) is 16.2 Å². The van der Waals surface area contributed by atoms with E-state index in [2.05, 4.69) is 32.6 Å². The van der Waals surface area contributed by atoms with Crippen LogP contribution in [-0.4, -0.2) is 25.8 Å². The number of hydrogen-bond acceptors (Lipinski definition) is 6. The summed E-state index contributed by atoms with van der Waals surface area (Å²) in [6, 6.07) is 19.8. The van der Waals surface area contributed by atoms with Gasteiger partial charge >= 0.3 is 0 Å². The summed E-state index contributed by atoms with van der Waals surface area (Å²) in [7, 11) is 3.21.